The number of nitrogens with two attached hydrogens (primary N) is 1. The lowest BCUT2D eigenvalue weighted by Gasteiger charge is -2.30. The molecule has 1 aliphatic heterocycles. The van der Waals surface area contributed by atoms with E-state index in [9.17, 15) is 4.79 Å². The number of nitrogens with one attached hydrogen (secondary N) is 1. The average Bonchev–Trinajstić information content (AvgIpc) is 2.48. The van der Waals surface area contributed by atoms with Crippen molar-refractivity contribution < 1.29 is 9.53 Å². The monoisotopic (exact) mass is 277 g/mol. The molecular weight excluding hydrogens is 254 g/mol. The normalized spacial score (nSPS) is 16.3. The van der Waals surface area contributed by atoms with Gasteiger partial charge in [0.2, 0.25) is 5.91 Å². The van der Waals surface area contributed by atoms with E-state index >= 15 is 0 Å². The lowest BCUT2D eigenvalue weighted by atomic mass is 10.1. The summed E-state index contributed by atoms with van der Waals surface area (Å²) < 4.78 is 5.35. The van der Waals surface area contributed by atoms with Crippen molar-refractivity contribution in [1.82, 2.24) is 4.90 Å². The number of nitrogens with zero attached hydrogens (tertiary/aromatic N) is 1. The van der Waals surface area contributed by atoms with Crippen LogP contribution >= 0.6 is 0 Å². The van der Waals surface area contributed by atoms with Gasteiger partial charge in [-0.15, -0.1) is 0 Å². The quantitative estimate of drug-likeness (QED) is 0.804. The van der Waals surface area contributed by atoms with Crippen LogP contribution in [0.25, 0.3) is 0 Å². The highest BCUT2D eigenvalue weighted by atomic mass is 16.5. The van der Waals surface area contributed by atoms with E-state index in [2.05, 4.69) is 17.3 Å². The number of amides is 1. The fraction of sp³-hybridized carbons (Fsp3) is 0.533. The highest BCUT2D eigenvalue weighted by molar-refractivity contribution is 5.93. The van der Waals surface area contributed by atoms with Crippen LogP contribution in [0.3, 0.4) is 0 Å². The molecule has 0 unspecified atom stereocenters. The summed E-state index contributed by atoms with van der Waals surface area (Å²) in [7, 11) is 2.07. The van der Waals surface area contributed by atoms with Gasteiger partial charge in [0.05, 0.1) is 11.4 Å². The number of rotatable bonds is 5. The molecule has 0 saturated carbocycles. The number of anilines is 2. The molecular formula is C15H23N3O2. The zero-order valence-electron chi connectivity index (χ0n) is 12.0. The van der Waals surface area contributed by atoms with E-state index in [1.807, 2.05) is 18.2 Å². The Bertz CT molecular complexity index is 444. The minimum Gasteiger partial charge on any atom is -0.397 e. The number of carbonyl (C=O) groups is 1. The lowest BCUT2D eigenvalue weighted by Crippen LogP contribution is -2.38. The minimum atomic E-state index is 0.00168. The average molecular weight is 277 g/mol. The van der Waals surface area contributed by atoms with E-state index in [0.717, 1.165) is 32.6 Å². The number of hydrogen-bond acceptors (Lipinski definition) is 4. The molecule has 0 bridgehead atoms. The predicted octanol–water partition coefficient (Wildman–Crippen LogP) is 1.71. The molecule has 1 fully saturated rings. The third-order valence-corrected chi connectivity index (χ3v) is 3.74. The minimum absolute atomic E-state index is 0.00168. The van der Waals surface area contributed by atoms with Crippen LogP contribution in [0.4, 0.5) is 11.4 Å². The van der Waals surface area contributed by atoms with Crippen LogP contribution in [0, 0.1) is 0 Å². The van der Waals surface area contributed by atoms with Crippen molar-refractivity contribution in [3.63, 3.8) is 0 Å². The molecule has 0 radical (unpaired) electrons. The van der Waals surface area contributed by atoms with Gasteiger partial charge in [-0.25, -0.2) is 0 Å². The smallest absolute Gasteiger partial charge is 0.225 e. The van der Waals surface area contributed by atoms with Gasteiger partial charge in [0.25, 0.3) is 0 Å². The summed E-state index contributed by atoms with van der Waals surface area (Å²) in [6.45, 7) is 2.40. The van der Waals surface area contributed by atoms with Gasteiger partial charge >= 0.3 is 0 Å². The lowest BCUT2D eigenvalue weighted by molar-refractivity contribution is -0.116. The van der Waals surface area contributed by atoms with Gasteiger partial charge in [0, 0.05) is 32.2 Å². The molecule has 1 heterocycles. The Balaban J connectivity index is 1.76. The van der Waals surface area contributed by atoms with Gasteiger partial charge < -0.3 is 20.7 Å². The first kappa shape index (κ1) is 14.8. The molecule has 0 aliphatic carbocycles. The molecule has 0 atom stereocenters. The van der Waals surface area contributed by atoms with Crippen LogP contribution in [0.1, 0.15) is 19.3 Å². The maximum Gasteiger partial charge on any atom is 0.225 e. The van der Waals surface area contributed by atoms with E-state index in [0.29, 0.717) is 23.8 Å². The topological polar surface area (TPSA) is 67.6 Å². The molecule has 2 rings (SSSR count). The number of carbonyl (C=O) groups excluding carboxylic acids is 1. The molecule has 1 aromatic carbocycles. The Labute approximate surface area is 120 Å². The second-order valence-electron chi connectivity index (χ2n) is 5.21. The van der Waals surface area contributed by atoms with Crippen molar-refractivity contribution >= 4 is 17.3 Å². The summed E-state index contributed by atoms with van der Waals surface area (Å²) in [5, 5.41) is 2.85. The summed E-state index contributed by atoms with van der Waals surface area (Å²) in [6.07, 6.45) is 2.57. The van der Waals surface area contributed by atoms with Gasteiger partial charge in [-0.1, -0.05) is 12.1 Å². The second-order valence-corrected chi connectivity index (χ2v) is 5.21. The molecule has 3 N–H and O–H groups in total. The van der Waals surface area contributed by atoms with Gasteiger partial charge in [0.1, 0.15) is 0 Å². The van der Waals surface area contributed by atoms with E-state index < -0.39 is 0 Å². The Hall–Kier alpha value is -1.59. The Kier molecular flexibility index (Phi) is 5.38. The molecule has 20 heavy (non-hydrogen) atoms. The highest BCUT2D eigenvalue weighted by Gasteiger charge is 2.18. The van der Waals surface area contributed by atoms with Gasteiger partial charge in [-0.3, -0.25) is 4.79 Å². The van der Waals surface area contributed by atoms with E-state index in [-0.39, 0.29) is 5.91 Å². The number of hydrogen-bond donors (Lipinski definition) is 2. The van der Waals surface area contributed by atoms with Gasteiger partial charge in [0.15, 0.2) is 0 Å². The van der Waals surface area contributed by atoms with Crippen LogP contribution in [-0.2, 0) is 9.53 Å². The third-order valence-electron chi connectivity index (χ3n) is 3.74. The Morgan fingerprint density at radius 2 is 2.10 bits per heavy atom. The zero-order chi connectivity index (χ0) is 14.4. The highest BCUT2D eigenvalue weighted by Crippen LogP contribution is 2.17. The van der Waals surface area contributed by atoms with Crippen LogP contribution in [0.15, 0.2) is 24.3 Å². The Morgan fingerprint density at radius 1 is 1.40 bits per heavy atom. The fourth-order valence-electron chi connectivity index (χ4n) is 2.41. The van der Waals surface area contributed by atoms with Crippen molar-refractivity contribution in [2.24, 2.45) is 0 Å². The molecule has 1 aromatic rings. The van der Waals surface area contributed by atoms with Crippen LogP contribution in [0.5, 0.6) is 0 Å². The number of para-hydroxylation sites is 2. The van der Waals surface area contributed by atoms with Crippen LogP contribution in [0.2, 0.25) is 0 Å². The van der Waals surface area contributed by atoms with Crippen molar-refractivity contribution in [3.8, 4) is 0 Å². The molecule has 0 aromatic heterocycles. The largest absolute Gasteiger partial charge is 0.397 e. The molecule has 1 aliphatic rings. The SMILES string of the molecule is CN(CCC(=O)Nc1ccccc1N)C1CCOCC1. The molecule has 0 spiro atoms. The van der Waals surface area contributed by atoms with Gasteiger partial charge in [-0.2, -0.15) is 0 Å². The zero-order valence-corrected chi connectivity index (χ0v) is 12.0. The first-order valence-corrected chi connectivity index (χ1v) is 7.09. The Morgan fingerprint density at radius 3 is 2.80 bits per heavy atom. The van der Waals surface area contributed by atoms with Crippen LogP contribution < -0.4 is 11.1 Å². The standard InChI is InChI=1S/C15H23N3O2/c1-18(12-7-10-20-11-8-12)9-6-15(19)17-14-5-3-2-4-13(14)16/h2-5,12H,6-11,16H2,1H3,(H,17,19). The van der Waals surface area contributed by atoms with Crippen molar-refractivity contribution in [1.29, 1.82) is 0 Å². The summed E-state index contributed by atoms with van der Waals surface area (Å²) in [5.41, 5.74) is 7.08. The summed E-state index contributed by atoms with van der Waals surface area (Å²) in [4.78, 5) is 14.2. The number of nitrogen functional groups attached to an aromatic ring is 1. The molecule has 5 heteroatoms. The number of benzene rings is 1. The van der Waals surface area contributed by atoms with E-state index in [1.165, 1.54) is 0 Å². The molecule has 1 amide bonds. The maximum absolute atomic E-state index is 11.9. The van der Waals surface area contributed by atoms with E-state index in [4.69, 9.17) is 10.5 Å². The molecule has 5 nitrogen and oxygen atoms in total. The summed E-state index contributed by atoms with van der Waals surface area (Å²) >= 11 is 0. The van der Waals surface area contributed by atoms with Gasteiger partial charge in [-0.05, 0) is 32.0 Å². The molecule has 1 saturated heterocycles. The summed E-state index contributed by atoms with van der Waals surface area (Å²) in [5.74, 6) is 0.00168. The first-order chi connectivity index (χ1) is 9.66. The number of ether oxygens (including phenoxy) is 1. The second kappa shape index (κ2) is 7.26. The van der Waals surface area contributed by atoms with Crippen molar-refractivity contribution in [2.45, 2.75) is 25.3 Å². The van der Waals surface area contributed by atoms with Crippen molar-refractivity contribution in [2.75, 3.05) is 37.9 Å². The summed E-state index contributed by atoms with van der Waals surface area (Å²) in [6, 6.07) is 7.84. The molecule has 110 valence electrons. The van der Waals surface area contributed by atoms with E-state index in [1.54, 1.807) is 6.07 Å². The maximum atomic E-state index is 11.9. The van der Waals surface area contributed by atoms with Crippen LogP contribution in [-0.4, -0.2) is 43.7 Å². The van der Waals surface area contributed by atoms with Crippen molar-refractivity contribution in [3.05, 3.63) is 24.3 Å². The fourth-order valence-corrected chi connectivity index (χ4v) is 2.41. The predicted molar refractivity (Wildman–Crippen MR) is 80.6 cm³/mol. The third kappa shape index (κ3) is 4.21. The first-order valence-electron chi connectivity index (χ1n) is 7.09.